The van der Waals surface area contributed by atoms with Crippen molar-refractivity contribution in [2.24, 2.45) is 0 Å². The van der Waals surface area contributed by atoms with Gasteiger partial charge in [-0.05, 0) is 32.4 Å². The molecule has 3 heterocycles. The molecular weight excluding hydrogens is 376 g/mol. The van der Waals surface area contributed by atoms with Gasteiger partial charge in [-0.1, -0.05) is 19.1 Å². The van der Waals surface area contributed by atoms with Crippen LogP contribution in [0.3, 0.4) is 0 Å². The largest absolute Gasteiger partial charge is 0.465 e. The molecule has 0 unspecified atom stereocenters. The molecule has 0 saturated carbocycles. The maximum atomic E-state index is 13.2. The molecule has 150 valence electrons. The molecule has 1 aliphatic heterocycles. The number of benzene rings is 1. The van der Waals surface area contributed by atoms with Gasteiger partial charge in [0.25, 0.3) is 5.56 Å². The Bertz CT molecular complexity index is 1240. The van der Waals surface area contributed by atoms with Crippen molar-refractivity contribution in [1.82, 2.24) is 9.55 Å². The Morgan fingerprint density at radius 3 is 2.69 bits per heavy atom. The van der Waals surface area contributed by atoms with Crippen molar-refractivity contribution in [1.29, 1.82) is 0 Å². The zero-order valence-corrected chi connectivity index (χ0v) is 16.4. The van der Waals surface area contributed by atoms with Gasteiger partial charge in [-0.15, -0.1) is 0 Å². The van der Waals surface area contributed by atoms with E-state index in [1.54, 1.807) is 32.0 Å². The number of ether oxygens (including phenoxy) is 2. The fraction of sp³-hybridized carbons (Fsp3) is 0.333. The van der Waals surface area contributed by atoms with Crippen LogP contribution in [0.2, 0.25) is 0 Å². The normalized spacial score (nSPS) is 14.8. The van der Waals surface area contributed by atoms with Crippen LogP contribution in [0.1, 0.15) is 43.1 Å². The molecule has 0 fully saturated rings. The molecule has 0 N–H and O–H groups in total. The van der Waals surface area contributed by atoms with Crippen LogP contribution >= 0.6 is 0 Å². The van der Waals surface area contributed by atoms with Gasteiger partial charge in [-0.2, -0.15) is 4.98 Å². The summed E-state index contributed by atoms with van der Waals surface area (Å²) in [6.45, 7) is 5.15. The number of carbonyl (C=O) groups excluding carboxylic acids is 1. The molecule has 1 atom stereocenters. The third-order valence-electron chi connectivity index (χ3n) is 5.06. The number of aromatic nitrogens is 2. The zero-order valence-electron chi connectivity index (χ0n) is 16.4. The Labute approximate surface area is 165 Å². The molecule has 0 saturated heterocycles. The van der Waals surface area contributed by atoms with Crippen molar-refractivity contribution in [2.45, 2.75) is 39.7 Å². The number of esters is 1. The highest BCUT2D eigenvalue weighted by Crippen LogP contribution is 2.44. The Morgan fingerprint density at radius 1 is 1.21 bits per heavy atom. The van der Waals surface area contributed by atoms with E-state index in [1.165, 1.54) is 4.57 Å². The molecule has 0 radical (unpaired) electrons. The predicted octanol–water partition coefficient (Wildman–Crippen LogP) is 2.87. The van der Waals surface area contributed by atoms with Crippen molar-refractivity contribution in [3.8, 4) is 11.6 Å². The van der Waals surface area contributed by atoms with Gasteiger partial charge in [0.05, 0.1) is 23.1 Å². The number of fused-ring (bicyclic) bond motifs is 4. The quantitative estimate of drug-likeness (QED) is 0.494. The van der Waals surface area contributed by atoms with Crippen LogP contribution in [-0.4, -0.2) is 22.1 Å². The van der Waals surface area contributed by atoms with Gasteiger partial charge in [0, 0.05) is 5.92 Å². The third-order valence-corrected chi connectivity index (χ3v) is 5.06. The summed E-state index contributed by atoms with van der Waals surface area (Å²) in [5.74, 6) is -0.237. The van der Waals surface area contributed by atoms with E-state index >= 15 is 0 Å². The number of carbonyl (C=O) groups is 1. The lowest BCUT2D eigenvalue weighted by atomic mass is 9.88. The molecule has 0 bridgehead atoms. The Balaban J connectivity index is 1.94. The number of aryl methyl sites for hydroxylation is 1. The predicted molar refractivity (Wildman–Crippen MR) is 105 cm³/mol. The summed E-state index contributed by atoms with van der Waals surface area (Å²) in [6, 6.07) is 7.07. The molecule has 0 aliphatic carbocycles. The van der Waals surface area contributed by atoms with E-state index in [-0.39, 0.29) is 24.6 Å². The molecule has 2 aromatic heterocycles. The molecule has 1 aromatic carbocycles. The van der Waals surface area contributed by atoms with Crippen molar-refractivity contribution < 1.29 is 18.7 Å². The number of hydrogen-bond donors (Lipinski definition) is 0. The molecule has 8 heteroatoms. The van der Waals surface area contributed by atoms with Crippen LogP contribution in [0.4, 0.5) is 0 Å². The average Bonchev–Trinajstić information content (AvgIpc) is 2.70. The molecule has 29 heavy (non-hydrogen) atoms. The van der Waals surface area contributed by atoms with Gasteiger partial charge < -0.3 is 13.9 Å². The van der Waals surface area contributed by atoms with Crippen LogP contribution in [0.15, 0.2) is 38.3 Å². The van der Waals surface area contributed by atoms with E-state index in [4.69, 9.17) is 13.9 Å². The second-order valence-corrected chi connectivity index (χ2v) is 6.77. The number of hydrogen-bond acceptors (Lipinski definition) is 7. The highest BCUT2D eigenvalue weighted by molar-refractivity contribution is 5.85. The lowest BCUT2D eigenvalue weighted by molar-refractivity contribution is -0.143. The first-order valence-electron chi connectivity index (χ1n) is 9.46. The molecule has 3 aromatic rings. The summed E-state index contributed by atoms with van der Waals surface area (Å²) < 4.78 is 17.6. The molecular formula is C21H20N2O6. The lowest BCUT2D eigenvalue weighted by Crippen LogP contribution is -2.35. The van der Waals surface area contributed by atoms with Gasteiger partial charge in [-0.25, -0.2) is 4.79 Å². The van der Waals surface area contributed by atoms with Crippen molar-refractivity contribution in [3.63, 3.8) is 0 Å². The molecule has 4 rings (SSSR count). The number of rotatable bonds is 4. The lowest BCUT2D eigenvalue weighted by Gasteiger charge is -2.26. The fourth-order valence-corrected chi connectivity index (χ4v) is 3.74. The monoisotopic (exact) mass is 396 g/mol. The molecule has 8 nitrogen and oxygen atoms in total. The SMILES string of the molecule is CCOC(=O)Cn1c(C)nc2c(c1=O)[C@H](CC)c1c(c3ccccc3oc1=O)O2. The third kappa shape index (κ3) is 3.00. The van der Waals surface area contributed by atoms with Gasteiger partial charge >= 0.3 is 11.6 Å². The van der Waals surface area contributed by atoms with E-state index in [1.807, 2.05) is 13.0 Å². The highest BCUT2D eigenvalue weighted by Gasteiger charge is 2.36. The standard InChI is InChI=1S/C21H20N2O6/c1-4-12-16-18(13-8-6-7-9-14(13)28-21(16)26)29-19-17(12)20(25)23(11(3)22-19)10-15(24)27-5-2/h6-9,12H,4-5,10H2,1-3H3/t12-/m1/s1. The molecule has 0 amide bonds. The minimum absolute atomic E-state index is 0.155. The minimum atomic E-state index is -0.552. The van der Waals surface area contributed by atoms with E-state index in [0.717, 1.165) is 0 Å². The first kappa shape index (κ1) is 18.9. The van der Waals surface area contributed by atoms with Crippen LogP contribution in [0.5, 0.6) is 11.6 Å². The molecule has 1 aliphatic rings. The first-order valence-corrected chi connectivity index (χ1v) is 9.46. The van der Waals surface area contributed by atoms with E-state index in [2.05, 4.69) is 4.98 Å². The topological polar surface area (TPSA) is 101 Å². The van der Waals surface area contributed by atoms with Crippen LogP contribution in [-0.2, 0) is 16.1 Å². The Hall–Kier alpha value is -3.42. The zero-order chi connectivity index (χ0) is 20.7. The summed E-state index contributed by atoms with van der Waals surface area (Å²) in [6.07, 6.45) is 0.464. The highest BCUT2D eigenvalue weighted by atomic mass is 16.5. The second-order valence-electron chi connectivity index (χ2n) is 6.77. The van der Waals surface area contributed by atoms with Crippen molar-refractivity contribution in [2.75, 3.05) is 6.61 Å². The summed E-state index contributed by atoms with van der Waals surface area (Å²) in [4.78, 5) is 42.3. The molecule has 0 spiro atoms. The van der Waals surface area contributed by atoms with Gasteiger partial charge in [0.1, 0.15) is 18.0 Å². The van der Waals surface area contributed by atoms with E-state index in [9.17, 15) is 14.4 Å². The number of nitrogens with zero attached hydrogens (tertiary/aromatic N) is 2. The van der Waals surface area contributed by atoms with Gasteiger partial charge in [0.15, 0.2) is 5.75 Å². The minimum Gasteiger partial charge on any atom is -0.465 e. The maximum absolute atomic E-state index is 13.2. The Kier molecular flexibility index (Phi) is 4.70. The first-order chi connectivity index (χ1) is 14.0. The van der Waals surface area contributed by atoms with Crippen LogP contribution in [0.25, 0.3) is 11.0 Å². The van der Waals surface area contributed by atoms with E-state index in [0.29, 0.717) is 34.5 Å². The fourth-order valence-electron chi connectivity index (χ4n) is 3.74. The average molecular weight is 396 g/mol. The van der Waals surface area contributed by atoms with E-state index < -0.39 is 23.1 Å². The van der Waals surface area contributed by atoms with Gasteiger partial charge in [0.2, 0.25) is 5.88 Å². The second kappa shape index (κ2) is 7.20. The number of para-hydroxylation sites is 1. The van der Waals surface area contributed by atoms with Crippen LogP contribution < -0.4 is 15.9 Å². The summed E-state index contributed by atoms with van der Waals surface area (Å²) in [7, 11) is 0. The van der Waals surface area contributed by atoms with Crippen molar-refractivity contribution >= 4 is 16.9 Å². The Morgan fingerprint density at radius 2 is 1.97 bits per heavy atom. The smallest absolute Gasteiger partial charge is 0.343 e. The summed E-state index contributed by atoms with van der Waals surface area (Å²) >= 11 is 0. The van der Waals surface area contributed by atoms with Crippen molar-refractivity contribution in [3.05, 3.63) is 62.0 Å². The van der Waals surface area contributed by atoms with Gasteiger partial charge in [-0.3, -0.25) is 14.2 Å². The van der Waals surface area contributed by atoms with Crippen LogP contribution in [0, 0.1) is 6.92 Å². The maximum Gasteiger partial charge on any atom is 0.343 e. The summed E-state index contributed by atoms with van der Waals surface area (Å²) in [5, 5.41) is 0.640. The summed E-state index contributed by atoms with van der Waals surface area (Å²) in [5.41, 5.74) is -0.0257.